The summed E-state index contributed by atoms with van der Waals surface area (Å²) >= 11 is 0. The highest BCUT2D eigenvalue weighted by Gasteiger charge is 2.39. The molecule has 0 saturated heterocycles. The topological polar surface area (TPSA) is 126 Å². The molecule has 0 bridgehead atoms. The molecule has 9 nitrogen and oxygen atoms in total. The molecule has 3 atom stereocenters. The summed E-state index contributed by atoms with van der Waals surface area (Å²) < 4.78 is 81.0. The molecule has 2 N–H and O–H groups in total. The summed E-state index contributed by atoms with van der Waals surface area (Å²) in [5.41, 5.74) is 0.728. The van der Waals surface area contributed by atoms with Gasteiger partial charge in [0.05, 0.1) is 24.4 Å². The molecule has 13 heteroatoms. The number of aliphatic hydroxyl groups excluding tert-OH is 1. The van der Waals surface area contributed by atoms with Crippen LogP contribution in [0.25, 0.3) is 6.08 Å². The molecule has 2 aliphatic rings. The highest BCUT2D eigenvalue weighted by molar-refractivity contribution is 7.93. The summed E-state index contributed by atoms with van der Waals surface area (Å²) in [7, 11) is -4.74. The molecule has 4 rings (SSSR count). The number of nitrogens with zero attached hydrogens (tertiary/aromatic N) is 2. The number of anilines is 1. The third-order valence-electron chi connectivity index (χ3n) is 7.04. The molecule has 0 amide bonds. The van der Waals surface area contributed by atoms with E-state index in [9.17, 15) is 26.4 Å². The molecule has 1 aromatic carbocycles. The van der Waals surface area contributed by atoms with E-state index >= 15 is 0 Å². The van der Waals surface area contributed by atoms with Crippen molar-refractivity contribution in [1.29, 1.82) is 0 Å². The molecular weight excluding hydrogens is 565 g/mol. The minimum absolute atomic E-state index is 0.0307. The van der Waals surface area contributed by atoms with Crippen LogP contribution in [0.4, 0.5) is 18.9 Å². The first-order valence-electron chi connectivity index (χ1n) is 13.3. The highest BCUT2D eigenvalue weighted by atomic mass is 32.2. The molecule has 2 aromatic rings. The fourth-order valence-electron chi connectivity index (χ4n) is 5.41. The number of hydrogen-bond acceptors (Lipinski definition) is 7. The van der Waals surface area contributed by atoms with Gasteiger partial charge in [0.1, 0.15) is 18.5 Å². The van der Waals surface area contributed by atoms with E-state index < -0.39 is 57.8 Å². The zero-order valence-electron chi connectivity index (χ0n) is 22.7. The van der Waals surface area contributed by atoms with Gasteiger partial charge in [0.15, 0.2) is 4.90 Å². The number of hydrogen-bond donors (Lipinski definition) is 2. The Bertz CT molecular complexity index is 1400. The van der Waals surface area contributed by atoms with Crippen molar-refractivity contribution in [3.05, 3.63) is 47.2 Å². The summed E-state index contributed by atoms with van der Waals surface area (Å²) in [4.78, 5) is 14.0. The van der Waals surface area contributed by atoms with Gasteiger partial charge in [0.2, 0.25) is 5.88 Å². The number of aliphatic hydroxyl groups is 1. The molecular formula is C28H33F3N2O7S. The number of aromatic nitrogens is 1. The van der Waals surface area contributed by atoms with Crippen molar-refractivity contribution in [1.82, 2.24) is 4.98 Å². The second-order valence-corrected chi connectivity index (χ2v) is 12.5. The standard InChI is InChI=1S/C28H33F3N2O7S/c1-17-9-18(2)11-20(10-17)12-19-3-5-24-23(13-19)33(16-22(40-24)4-6-26(35)36)41(37,38)25-14-21(28(29,30)31)15-32-27(25)39-8-7-34/h3,5,12-15,17-18,22,34H,4,6-11,16H2,1-2H3,(H,35,36)/b20-12-/t17-,18+,22-/m0/s1. The van der Waals surface area contributed by atoms with Crippen LogP contribution in [-0.4, -0.2) is 55.4 Å². The second-order valence-electron chi connectivity index (χ2n) is 10.7. The lowest BCUT2D eigenvalue weighted by Gasteiger charge is -2.36. The number of fused-ring (bicyclic) bond motifs is 1. The zero-order valence-corrected chi connectivity index (χ0v) is 23.5. The SMILES string of the molecule is C[C@@H]1C/C(=C/c2ccc3c(c2)N(S(=O)(=O)c2cc(C(F)(F)F)cnc2OCCO)C[C@H](CCC(=O)O)O3)C[C@H](C)C1. The fourth-order valence-corrected chi connectivity index (χ4v) is 7.02. The number of sulfonamides is 1. The average Bonchev–Trinajstić information content (AvgIpc) is 2.89. The Morgan fingerprint density at radius 1 is 1.22 bits per heavy atom. The van der Waals surface area contributed by atoms with Crippen molar-refractivity contribution in [2.24, 2.45) is 11.8 Å². The second kappa shape index (κ2) is 12.3. The van der Waals surface area contributed by atoms with E-state index in [2.05, 4.69) is 18.8 Å². The van der Waals surface area contributed by atoms with Gasteiger partial charge in [0, 0.05) is 12.6 Å². The van der Waals surface area contributed by atoms with Gasteiger partial charge in [-0.15, -0.1) is 0 Å². The van der Waals surface area contributed by atoms with E-state index in [0.29, 0.717) is 29.7 Å². The van der Waals surface area contributed by atoms with Crippen molar-refractivity contribution in [2.75, 3.05) is 24.1 Å². The van der Waals surface area contributed by atoms with Crippen molar-refractivity contribution in [2.45, 2.75) is 63.1 Å². The summed E-state index contributed by atoms with van der Waals surface area (Å²) in [6.45, 7) is 3.10. The Labute approximate surface area is 236 Å². The Hall–Kier alpha value is -3.32. The summed E-state index contributed by atoms with van der Waals surface area (Å²) in [6, 6.07) is 5.40. The number of pyridine rings is 1. The van der Waals surface area contributed by atoms with E-state index in [1.165, 1.54) is 5.57 Å². The molecule has 224 valence electrons. The molecule has 1 aliphatic heterocycles. The number of halogens is 3. The monoisotopic (exact) mass is 598 g/mol. The Morgan fingerprint density at radius 3 is 2.56 bits per heavy atom. The van der Waals surface area contributed by atoms with Gasteiger partial charge >= 0.3 is 12.1 Å². The van der Waals surface area contributed by atoms with Gasteiger partial charge in [-0.2, -0.15) is 13.2 Å². The molecule has 41 heavy (non-hydrogen) atoms. The fraction of sp³-hybridized carbons (Fsp3) is 0.500. The van der Waals surface area contributed by atoms with E-state index in [4.69, 9.17) is 19.7 Å². The smallest absolute Gasteiger partial charge is 0.417 e. The van der Waals surface area contributed by atoms with E-state index in [0.717, 1.165) is 23.6 Å². The minimum Gasteiger partial charge on any atom is -0.486 e. The maximum absolute atomic E-state index is 14.1. The summed E-state index contributed by atoms with van der Waals surface area (Å²) in [6.07, 6.45) is -0.713. The number of benzene rings is 1. The Kier molecular flexibility index (Phi) is 9.17. The number of carboxylic acids is 1. The molecule has 2 heterocycles. The average molecular weight is 599 g/mol. The van der Waals surface area contributed by atoms with Gasteiger partial charge in [-0.3, -0.25) is 9.10 Å². The third kappa shape index (κ3) is 7.31. The number of carboxylic acid groups (broad SMARTS) is 1. The number of alkyl halides is 3. The van der Waals surface area contributed by atoms with Gasteiger partial charge < -0.3 is 19.7 Å². The van der Waals surface area contributed by atoms with E-state index in [1.807, 2.05) is 6.08 Å². The first kappa shape index (κ1) is 30.6. The number of rotatable bonds is 9. The zero-order chi connectivity index (χ0) is 29.9. The maximum Gasteiger partial charge on any atom is 0.417 e. The van der Waals surface area contributed by atoms with Crippen LogP contribution in [0, 0.1) is 11.8 Å². The summed E-state index contributed by atoms with van der Waals surface area (Å²) in [5.74, 6) is -0.535. The van der Waals surface area contributed by atoms with E-state index in [1.54, 1.807) is 18.2 Å². The van der Waals surface area contributed by atoms with Crippen molar-refractivity contribution < 1.29 is 46.1 Å². The van der Waals surface area contributed by atoms with Crippen LogP contribution in [0.2, 0.25) is 0 Å². The van der Waals surface area contributed by atoms with Crippen LogP contribution in [0.3, 0.4) is 0 Å². The normalized spacial score (nSPS) is 22.2. The van der Waals surface area contributed by atoms with Crippen LogP contribution >= 0.6 is 0 Å². The molecule has 0 unspecified atom stereocenters. The first-order valence-corrected chi connectivity index (χ1v) is 14.8. The Balaban J connectivity index is 1.81. The minimum atomic E-state index is -4.88. The molecule has 0 radical (unpaired) electrons. The third-order valence-corrected chi connectivity index (χ3v) is 8.81. The molecule has 1 saturated carbocycles. The van der Waals surface area contributed by atoms with E-state index in [-0.39, 0.29) is 30.8 Å². The van der Waals surface area contributed by atoms with Gasteiger partial charge in [-0.05, 0) is 61.3 Å². The number of aliphatic carboxylic acids is 1. The predicted octanol–water partition coefficient (Wildman–Crippen LogP) is 5.13. The lowest BCUT2D eigenvalue weighted by Crippen LogP contribution is -2.44. The quantitative estimate of drug-likeness (QED) is 0.407. The number of ether oxygens (including phenoxy) is 2. The number of carbonyl (C=O) groups is 1. The van der Waals surface area contributed by atoms with Crippen molar-refractivity contribution >= 4 is 27.8 Å². The lowest BCUT2D eigenvalue weighted by atomic mass is 9.80. The van der Waals surface area contributed by atoms with Crippen LogP contribution in [0.15, 0.2) is 40.9 Å². The van der Waals surface area contributed by atoms with Gasteiger partial charge in [-0.25, -0.2) is 13.4 Å². The van der Waals surface area contributed by atoms with Gasteiger partial charge in [-0.1, -0.05) is 31.6 Å². The molecule has 0 spiro atoms. The molecule has 1 fully saturated rings. The van der Waals surface area contributed by atoms with Crippen LogP contribution < -0.4 is 13.8 Å². The van der Waals surface area contributed by atoms with Gasteiger partial charge in [0.25, 0.3) is 10.0 Å². The predicted molar refractivity (Wildman–Crippen MR) is 144 cm³/mol. The molecule has 1 aliphatic carbocycles. The van der Waals surface area contributed by atoms with Crippen molar-refractivity contribution in [3.8, 4) is 11.6 Å². The molecule has 1 aromatic heterocycles. The summed E-state index contributed by atoms with van der Waals surface area (Å²) in [5, 5.41) is 18.3. The van der Waals surface area contributed by atoms with Crippen LogP contribution in [0.5, 0.6) is 11.6 Å². The lowest BCUT2D eigenvalue weighted by molar-refractivity contribution is -0.138. The number of allylic oxidation sites excluding steroid dienone is 1. The maximum atomic E-state index is 14.1. The largest absolute Gasteiger partial charge is 0.486 e. The van der Waals surface area contributed by atoms with Crippen molar-refractivity contribution in [3.63, 3.8) is 0 Å². The first-order chi connectivity index (χ1) is 19.3. The Morgan fingerprint density at radius 2 is 1.93 bits per heavy atom. The highest BCUT2D eigenvalue weighted by Crippen LogP contribution is 2.42. The van der Waals surface area contributed by atoms with Crippen LogP contribution in [0.1, 0.15) is 57.1 Å². The van der Waals surface area contributed by atoms with Crippen LogP contribution in [-0.2, 0) is 21.0 Å².